The van der Waals surface area contributed by atoms with Gasteiger partial charge in [-0.2, -0.15) is 0 Å². The summed E-state index contributed by atoms with van der Waals surface area (Å²) in [6.45, 7) is 8.85. The summed E-state index contributed by atoms with van der Waals surface area (Å²) in [7, 11) is 0. The van der Waals surface area contributed by atoms with Crippen molar-refractivity contribution in [3.8, 4) is 0 Å². The lowest BCUT2D eigenvalue weighted by Crippen LogP contribution is -2.30. The van der Waals surface area contributed by atoms with Crippen molar-refractivity contribution < 1.29 is 4.74 Å². The summed E-state index contributed by atoms with van der Waals surface area (Å²) in [6.07, 6.45) is 5.11. The standard InChI is InChI=1S/C12H25NO/c1-11(2)4-3-9-14-10-12-5-7-13-8-6-12/h11-13H,3-10H2,1-2H3. The molecule has 0 amide bonds. The van der Waals surface area contributed by atoms with Gasteiger partial charge in [-0.1, -0.05) is 13.8 Å². The molecule has 1 saturated heterocycles. The summed E-state index contributed by atoms with van der Waals surface area (Å²) in [5.74, 6) is 1.63. The van der Waals surface area contributed by atoms with Crippen LogP contribution in [0.1, 0.15) is 39.5 Å². The SMILES string of the molecule is CC(C)CCCOCC1CCNCC1. The van der Waals surface area contributed by atoms with Crippen LogP contribution in [-0.2, 0) is 4.74 Å². The van der Waals surface area contributed by atoms with E-state index in [2.05, 4.69) is 19.2 Å². The van der Waals surface area contributed by atoms with Gasteiger partial charge in [-0.05, 0) is 50.6 Å². The van der Waals surface area contributed by atoms with Crippen LogP contribution >= 0.6 is 0 Å². The van der Waals surface area contributed by atoms with Crippen LogP contribution in [0, 0.1) is 11.8 Å². The van der Waals surface area contributed by atoms with Crippen LogP contribution in [0.4, 0.5) is 0 Å². The van der Waals surface area contributed by atoms with Crippen LogP contribution < -0.4 is 5.32 Å². The molecule has 14 heavy (non-hydrogen) atoms. The van der Waals surface area contributed by atoms with Gasteiger partial charge in [0.25, 0.3) is 0 Å². The van der Waals surface area contributed by atoms with Crippen LogP contribution in [-0.4, -0.2) is 26.3 Å². The highest BCUT2D eigenvalue weighted by atomic mass is 16.5. The largest absolute Gasteiger partial charge is 0.381 e. The van der Waals surface area contributed by atoms with E-state index in [1.807, 2.05) is 0 Å². The molecular weight excluding hydrogens is 174 g/mol. The monoisotopic (exact) mass is 199 g/mol. The molecule has 1 N–H and O–H groups in total. The Bertz CT molecular complexity index is 130. The van der Waals surface area contributed by atoms with E-state index in [-0.39, 0.29) is 0 Å². The first-order valence-corrected chi connectivity index (χ1v) is 6.07. The Labute approximate surface area is 88.4 Å². The first-order valence-electron chi connectivity index (χ1n) is 6.07. The van der Waals surface area contributed by atoms with Crippen LogP contribution in [0.15, 0.2) is 0 Å². The van der Waals surface area contributed by atoms with Crippen molar-refractivity contribution >= 4 is 0 Å². The van der Waals surface area contributed by atoms with E-state index in [9.17, 15) is 0 Å². The lowest BCUT2D eigenvalue weighted by molar-refractivity contribution is 0.0837. The molecule has 1 aliphatic rings. The number of piperidine rings is 1. The fourth-order valence-corrected chi connectivity index (χ4v) is 1.89. The summed E-state index contributed by atoms with van der Waals surface area (Å²) in [4.78, 5) is 0. The molecule has 0 atom stereocenters. The molecule has 1 fully saturated rings. The minimum atomic E-state index is 0.815. The quantitative estimate of drug-likeness (QED) is 0.663. The number of hydrogen-bond donors (Lipinski definition) is 1. The minimum Gasteiger partial charge on any atom is -0.381 e. The summed E-state index contributed by atoms with van der Waals surface area (Å²) in [5.41, 5.74) is 0. The second-order valence-corrected chi connectivity index (χ2v) is 4.80. The number of ether oxygens (including phenoxy) is 1. The van der Waals surface area contributed by atoms with Crippen molar-refractivity contribution in [2.75, 3.05) is 26.3 Å². The number of nitrogens with one attached hydrogen (secondary N) is 1. The Balaban J connectivity index is 1.87. The lowest BCUT2D eigenvalue weighted by atomic mass is 9.99. The highest BCUT2D eigenvalue weighted by molar-refractivity contribution is 4.67. The van der Waals surface area contributed by atoms with Gasteiger partial charge in [-0.15, -0.1) is 0 Å². The molecule has 0 aromatic rings. The van der Waals surface area contributed by atoms with Crippen LogP contribution in [0.25, 0.3) is 0 Å². The lowest BCUT2D eigenvalue weighted by Gasteiger charge is -2.22. The molecule has 0 spiro atoms. The molecule has 0 bridgehead atoms. The van der Waals surface area contributed by atoms with Gasteiger partial charge < -0.3 is 10.1 Å². The van der Waals surface area contributed by atoms with Crippen molar-refractivity contribution in [3.63, 3.8) is 0 Å². The normalized spacial score (nSPS) is 19.1. The zero-order valence-corrected chi connectivity index (χ0v) is 9.72. The molecule has 1 aliphatic heterocycles. The van der Waals surface area contributed by atoms with E-state index in [4.69, 9.17) is 4.74 Å². The van der Waals surface area contributed by atoms with Gasteiger partial charge in [0.1, 0.15) is 0 Å². The predicted octanol–water partition coefficient (Wildman–Crippen LogP) is 2.44. The highest BCUT2D eigenvalue weighted by Gasteiger charge is 2.12. The predicted molar refractivity (Wildman–Crippen MR) is 60.5 cm³/mol. The van der Waals surface area contributed by atoms with Crippen molar-refractivity contribution in [1.82, 2.24) is 5.32 Å². The van der Waals surface area contributed by atoms with Gasteiger partial charge >= 0.3 is 0 Å². The first kappa shape index (κ1) is 12.0. The van der Waals surface area contributed by atoms with E-state index in [0.29, 0.717) is 0 Å². The first-order chi connectivity index (χ1) is 6.79. The molecular formula is C12H25NO. The van der Waals surface area contributed by atoms with Gasteiger partial charge in [0.2, 0.25) is 0 Å². The molecule has 0 radical (unpaired) electrons. The van der Waals surface area contributed by atoms with Gasteiger partial charge in [-0.25, -0.2) is 0 Å². The maximum atomic E-state index is 5.70. The summed E-state index contributed by atoms with van der Waals surface area (Å²) >= 11 is 0. The zero-order valence-electron chi connectivity index (χ0n) is 9.72. The Morgan fingerprint density at radius 2 is 2.00 bits per heavy atom. The van der Waals surface area contributed by atoms with E-state index in [0.717, 1.165) is 25.0 Å². The smallest absolute Gasteiger partial charge is 0.0495 e. The Kier molecular flexibility index (Phi) is 6.20. The fraction of sp³-hybridized carbons (Fsp3) is 1.00. The van der Waals surface area contributed by atoms with Crippen molar-refractivity contribution in [2.45, 2.75) is 39.5 Å². The third-order valence-electron chi connectivity index (χ3n) is 2.88. The number of rotatable bonds is 6. The van der Waals surface area contributed by atoms with Crippen LogP contribution in [0.3, 0.4) is 0 Å². The molecule has 0 aromatic carbocycles. The summed E-state index contributed by atoms with van der Waals surface area (Å²) in [5, 5.41) is 3.38. The third-order valence-corrected chi connectivity index (χ3v) is 2.88. The summed E-state index contributed by atoms with van der Waals surface area (Å²) in [6, 6.07) is 0. The second-order valence-electron chi connectivity index (χ2n) is 4.80. The molecule has 1 rings (SSSR count). The Morgan fingerprint density at radius 1 is 1.29 bits per heavy atom. The molecule has 0 aromatic heterocycles. The number of hydrogen-bond acceptors (Lipinski definition) is 2. The molecule has 2 heteroatoms. The molecule has 0 saturated carbocycles. The maximum Gasteiger partial charge on any atom is 0.0495 e. The van der Waals surface area contributed by atoms with Crippen LogP contribution in [0.5, 0.6) is 0 Å². The van der Waals surface area contributed by atoms with E-state index < -0.39 is 0 Å². The molecule has 1 heterocycles. The average Bonchev–Trinajstić information content (AvgIpc) is 2.18. The van der Waals surface area contributed by atoms with Gasteiger partial charge in [-0.3, -0.25) is 0 Å². The van der Waals surface area contributed by atoms with Crippen molar-refractivity contribution in [1.29, 1.82) is 0 Å². The average molecular weight is 199 g/mol. The van der Waals surface area contributed by atoms with Gasteiger partial charge in [0.05, 0.1) is 0 Å². The molecule has 0 aliphatic carbocycles. The minimum absolute atomic E-state index is 0.815. The Hall–Kier alpha value is -0.0800. The third kappa shape index (κ3) is 5.61. The molecule has 2 nitrogen and oxygen atoms in total. The topological polar surface area (TPSA) is 21.3 Å². The van der Waals surface area contributed by atoms with Gasteiger partial charge in [0, 0.05) is 13.2 Å². The van der Waals surface area contributed by atoms with E-state index in [1.54, 1.807) is 0 Å². The van der Waals surface area contributed by atoms with Crippen molar-refractivity contribution in [2.24, 2.45) is 11.8 Å². The zero-order chi connectivity index (χ0) is 10.2. The molecule has 84 valence electrons. The maximum absolute atomic E-state index is 5.70. The summed E-state index contributed by atoms with van der Waals surface area (Å²) < 4.78 is 5.70. The Morgan fingerprint density at radius 3 is 2.64 bits per heavy atom. The van der Waals surface area contributed by atoms with E-state index in [1.165, 1.54) is 38.8 Å². The fourth-order valence-electron chi connectivity index (χ4n) is 1.89. The van der Waals surface area contributed by atoms with Crippen molar-refractivity contribution in [3.05, 3.63) is 0 Å². The van der Waals surface area contributed by atoms with Crippen LogP contribution in [0.2, 0.25) is 0 Å². The highest BCUT2D eigenvalue weighted by Crippen LogP contribution is 2.12. The second kappa shape index (κ2) is 7.24. The molecule has 0 unspecified atom stereocenters. The van der Waals surface area contributed by atoms with Gasteiger partial charge in [0.15, 0.2) is 0 Å². The van der Waals surface area contributed by atoms with E-state index >= 15 is 0 Å².